The first-order valence-corrected chi connectivity index (χ1v) is 5.70. The lowest BCUT2D eigenvalue weighted by Gasteiger charge is -2.29. The van der Waals surface area contributed by atoms with Crippen LogP contribution in [-0.2, 0) is 9.53 Å². The first-order valence-electron chi connectivity index (χ1n) is 5.70. The Morgan fingerprint density at radius 1 is 1.67 bits per heavy atom. The summed E-state index contributed by atoms with van der Waals surface area (Å²) in [6, 6.07) is 0.174. The number of nitrogens with zero attached hydrogens (tertiary/aromatic N) is 1. The SMILES string of the molecule is CCN(C(=O)C1CCNC1)C(C)COC. The third-order valence-corrected chi connectivity index (χ3v) is 2.97. The molecule has 1 saturated heterocycles. The summed E-state index contributed by atoms with van der Waals surface area (Å²) in [7, 11) is 1.67. The molecule has 0 radical (unpaired) electrons. The first-order chi connectivity index (χ1) is 7.20. The third kappa shape index (κ3) is 3.18. The summed E-state index contributed by atoms with van der Waals surface area (Å²) >= 11 is 0. The van der Waals surface area contributed by atoms with Crippen molar-refractivity contribution in [3.05, 3.63) is 0 Å². The lowest BCUT2D eigenvalue weighted by molar-refractivity contribution is -0.137. The molecule has 1 heterocycles. The fraction of sp³-hybridized carbons (Fsp3) is 0.909. The van der Waals surface area contributed by atoms with E-state index in [2.05, 4.69) is 5.32 Å². The Hall–Kier alpha value is -0.610. The van der Waals surface area contributed by atoms with Gasteiger partial charge < -0.3 is 15.0 Å². The second kappa shape index (κ2) is 6.08. The minimum absolute atomic E-state index is 0.171. The molecule has 4 nitrogen and oxygen atoms in total. The van der Waals surface area contributed by atoms with E-state index in [4.69, 9.17) is 4.74 Å². The average molecular weight is 214 g/mol. The number of hydrogen-bond acceptors (Lipinski definition) is 3. The third-order valence-electron chi connectivity index (χ3n) is 2.97. The lowest BCUT2D eigenvalue weighted by atomic mass is 10.1. The Morgan fingerprint density at radius 2 is 2.40 bits per heavy atom. The molecule has 4 heteroatoms. The van der Waals surface area contributed by atoms with Crippen LogP contribution in [0.1, 0.15) is 20.3 Å². The molecule has 1 rings (SSSR count). The van der Waals surface area contributed by atoms with Crippen molar-refractivity contribution in [1.29, 1.82) is 0 Å². The molecule has 0 saturated carbocycles. The molecule has 0 spiro atoms. The molecule has 0 aromatic heterocycles. The van der Waals surface area contributed by atoms with Gasteiger partial charge >= 0.3 is 0 Å². The van der Waals surface area contributed by atoms with E-state index in [0.717, 1.165) is 26.1 Å². The van der Waals surface area contributed by atoms with E-state index >= 15 is 0 Å². The Bertz CT molecular complexity index is 203. The Morgan fingerprint density at radius 3 is 2.87 bits per heavy atom. The molecule has 0 aliphatic carbocycles. The molecule has 1 N–H and O–H groups in total. The number of methoxy groups -OCH3 is 1. The summed E-state index contributed by atoms with van der Waals surface area (Å²) in [6.07, 6.45) is 0.967. The predicted octanol–water partition coefficient (Wildman–Crippen LogP) is 0.479. The molecule has 0 bridgehead atoms. The number of amides is 1. The van der Waals surface area contributed by atoms with Crippen LogP contribution in [0.2, 0.25) is 0 Å². The smallest absolute Gasteiger partial charge is 0.227 e. The zero-order valence-electron chi connectivity index (χ0n) is 9.95. The van der Waals surface area contributed by atoms with E-state index in [9.17, 15) is 4.79 Å². The minimum atomic E-state index is 0.171. The van der Waals surface area contributed by atoms with Crippen LogP contribution in [-0.4, -0.2) is 50.2 Å². The van der Waals surface area contributed by atoms with Crippen molar-refractivity contribution in [2.45, 2.75) is 26.3 Å². The van der Waals surface area contributed by atoms with E-state index in [0.29, 0.717) is 6.61 Å². The number of nitrogens with one attached hydrogen (secondary N) is 1. The largest absolute Gasteiger partial charge is 0.383 e. The van der Waals surface area contributed by atoms with E-state index < -0.39 is 0 Å². The summed E-state index contributed by atoms with van der Waals surface area (Å²) in [6.45, 7) is 7.22. The molecule has 1 amide bonds. The minimum Gasteiger partial charge on any atom is -0.383 e. The Balaban J connectivity index is 2.52. The van der Waals surface area contributed by atoms with Gasteiger partial charge in [-0.2, -0.15) is 0 Å². The molecule has 1 aliphatic heterocycles. The van der Waals surface area contributed by atoms with Crippen LogP contribution in [0.4, 0.5) is 0 Å². The molecular weight excluding hydrogens is 192 g/mol. The van der Waals surface area contributed by atoms with Crippen LogP contribution < -0.4 is 5.32 Å². The van der Waals surface area contributed by atoms with Gasteiger partial charge in [-0.15, -0.1) is 0 Å². The molecule has 2 unspecified atom stereocenters. The van der Waals surface area contributed by atoms with Crippen molar-refractivity contribution in [2.24, 2.45) is 5.92 Å². The van der Waals surface area contributed by atoms with Gasteiger partial charge in [0.25, 0.3) is 0 Å². The quantitative estimate of drug-likeness (QED) is 0.724. The van der Waals surface area contributed by atoms with E-state index in [1.807, 2.05) is 18.7 Å². The summed E-state index contributed by atoms with van der Waals surface area (Å²) in [5, 5.41) is 3.22. The molecule has 88 valence electrons. The van der Waals surface area contributed by atoms with Crippen molar-refractivity contribution in [3.8, 4) is 0 Å². The molecule has 15 heavy (non-hydrogen) atoms. The van der Waals surface area contributed by atoms with E-state index in [1.54, 1.807) is 7.11 Å². The summed E-state index contributed by atoms with van der Waals surface area (Å²) < 4.78 is 5.09. The van der Waals surface area contributed by atoms with Gasteiger partial charge in [-0.05, 0) is 26.8 Å². The maximum absolute atomic E-state index is 12.1. The van der Waals surface area contributed by atoms with Crippen LogP contribution in [0.25, 0.3) is 0 Å². The van der Waals surface area contributed by atoms with Gasteiger partial charge in [0, 0.05) is 20.2 Å². The van der Waals surface area contributed by atoms with Crippen LogP contribution in [0.15, 0.2) is 0 Å². The fourth-order valence-corrected chi connectivity index (χ4v) is 2.12. The second-order valence-corrected chi connectivity index (χ2v) is 4.12. The number of rotatable bonds is 5. The molecule has 0 aromatic rings. The summed E-state index contributed by atoms with van der Waals surface area (Å²) in [5.41, 5.74) is 0. The number of carbonyl (C=O) groups excluding carboxylic acids is 1. The monoisotopic (exact) mass is 214 g/mol. The topological polar surface area (TPSA) is 41.6 Å². The second-order valence-electron chi connectivity index (χ2n) is 4.12. The number of carbonyl (C=O) groups is 1. The summed E-state index contributed by atoms with van der Waals surface area (Å²) in [4.78, 5) is 14.0. The standard InChI is InChI=1S/C11H22N2O2/c1-4-13(9(2)8-15-3)11(14)10-5-6-12-7-10/h9-10,12H,4-8H2,1-3H3. The maximum atomic E-state index is 12.1. The number of ether oxygens (including phenoxy) is 1. The zero-order valence-corrected chi connectivity index (χ0v) is 9.95. The van der Waals surface area contributed by atoms with Crippen molar-refractivity contribution in [1.82, 2.24) is 10.2 Å². The molecule has 1 fully saturated rings. The molecule has 2 atom stereocenters. The van der Waals surface area contributed by atoms with Crippen molar-refractivity contribution in [2.75, 3.05) is 33.4 Å². The van der Waals surface area contributed by atoms with Crippen molar-refractivity contribution in [3.63, 3.8) is 0 Å². The van der Waals surface area contributed by atoms with Crippen LogP contribution in [0.3, 0.4) is 0 Å². The highest BCUT2D eigenvalue weighted by molar-refractivity contribution is 5.79. The van der Waals surface area contributed by atoms with E-state index in [-0.39, 0.29) is 17.9 Å². The average Bonchev–Trinajstić information content (AvgIpc) is 2.71. The van der Waals surface area contributed by atoms with Gasteiger partial charge in [0.2, 0.25) is 5.91 Å². The zero-order chi connectivity index (χ0) is 11.3. The highest BCUT2D eigenvalue weighted by atomic mass is 16.5. The van der Waals surface area contributed by atoms with Gasteiger partial charge in [-0.25, -0.2) is 0 Å². The van der Waals surface area contributed by atoms with Crippen LogP contribution in [0, 0.1) is 5.92 Å². The van der Waals surface area contributed by atoms with Gasteiger partial charge in [-0.1, -0.05) is 0 Å². The normalized spacial score (nSPS) is 22.7. The summed E-state index contributed by atoms with van der Waals surface area (Å²) in [5.74, 6) is 0.441. The van der Waals surface area contributed by atoms with Crippen LogP contribution in [0.5, 0.6) is 0 Å². The van der Waals surface area contributed by atoms with E-state index in [1.165, 1.54) is 0 Å². The fourth-order valence-electron chi connectivity index (χ4n) is 2.12. The highest BCUT2D eigenvalue weighted by Crippen LogP contribution is 2.13. The van der Waals surface area contributed by atoms with Gasteiger partial charge in [0.05, 0.1) is 18.6 Å². The van der Waals surface area contributed by atoms with Gasteiger partial charge in [-0.3, -0.25) is 4.79 Å². The highest BCUT2D eigenvalue weighted by Gasteiger charge is 2.28. The predicted molar refractivity (Wildman–Crippen MR) is 59.7 cm³/mol. The van der Waals surface area contributed by atoms with Gasteiger partial charge in [0.1, 0.15) is 0 Å². The van der Waals surface area contributed by atoms with Crippen LogP contribution >= 0.6 is 0 Å². The number of likely N-dealkylation sites (N-methyl/N-ethyl adjacent to an activating group) is 1. The molecule has 0 aromatic carbocycles. The molecular formula is C11H22N2O2. The number of hydrogen-bond donors (Lipinski definition) is 1. The Kier molecular flexibility index (Phi) is 5.05. The lowest BCUT2D eigenvalue weighted by Crippen LogP contribution is -2.44. The van der Waals surface area contributed by atoms with Gasteiger partial charge in [0.15, 0.2) is 0 Å². The Labute approximate surface area is 92.0 Å². The van der Waals surface area contributed by atoms with Crippen molar-refractivity contribution >= 4 is 5.91 Å². The molecule has 1 aliphatic rings. The first kappa shape index (κ1) is 12.5. The van der Waals surface area contributed by atoms with Crippen molar-refractivity contribution < 1.29 is 9.53 Å². The maximum Gasteiger partial charge on any atom is 0.227 e.